The molecule has 3 nitrogen and oxygen atoms in total. The van der Waals surface area contributed by atoms with Gasteiger partial charge in [0.05, 0.1) is 0 Å². The van der Waals surface area contributed by atoms with Crippen LogP contribution in [0.5, 0.6) is 0 Å². The number of halogens is 1. The first kappa shape index (κ1) is 13.9. The molecule has 0 spiro atoms. The molecule has 0 saturated carbocycles. The molecule has 84 valence electrons. The van der Waals surface area contributed by atoms with Gasteiger partial charge < -0.3 is 5.11 Å². The molecular weight excluding hydrogens is 214 g/mol. The molecule has 0 rings (SSSR count). The van der Waals surface area contributed by atoms with Crippen LogP contribution in [0, 0.1) is 0 Å². The minimum atomic E-state index is -0.852. The minimum absolute atomic E-state index is 0.588. The van der Waals surface area contributed by atoms with Crippen molar-refractivity contribution in [3.8, 4) is 0 Å². The van der Waals surface area contributed by atoms with E-state index in [2.05, 4.69) is 0 Å². The molecule has 0 amide bonds. The molecule has 1 unspecified atom stereocenters. The van der Waals surface area contributed by atoms with Gasteiger partial charge in [-0.2, -0.15) is 0 Å². The molecule has 15 heavy (non-hydrogen) atoms. The van der Waals surface area contributed by atoms with E-state index >= 15 is 0 Å². The molecule has 1 N–H and O–H groups in total. The highest BCUT2D eigenvalue weighted by Crippen LogP contribution is 2.07. The van der Waals surface area contributed by atoms with E-state index in [1.807, 2.05) is 0 Å². The Kier molecular flexibility index (Phi) is 6.75. The van der Waals surface area contributed by atoms with Crippen LogP contribution < -0.4 is 0 Å². The number of rotatable bonds is 5. The lowest BCUT2D eigenvalue weighted by Crippen LogP contribution is -2.36. The van der Waals surface area contributed by atoms with Gasteiger partial charge in [0.1, 0.15) is 6.04 Å². The van der Waals surface area contributed by atoms with E-state index in [4.69, 9.17) is 16.7 Å². The SMILES string of the molecule is C\C(=C/C=C\C=C\Cl)C(C(=O)O)N(C)C. The molecule has 0 aliphatic rings. The first-order valence-electron chi connectivity index (χ1n) is 4.50. The van der Waals surface area contributed by atoms with E-state index in [1.54, 1.807) is 50.2 Å². The van der Waals surface area contributed by atoms with Gasteiger partial charge in [0.25, 0.3) is 0 Å². The number of hydrogen-bond acceptors (Lipinski definition) is 2. The third-order valence-corrected chi connectivity index (χ3v) is 1.98. The summed E-state index contributed by atoms with van der Waals surface area (Å²) in [6.45, 7) is 1.79. The highest BCUT2D eigenvalue weighted by atomic mass is 35.5. The Balaban J connectivity index is 4.63. The van der Waals surface area contributed by atoms with Crippen LogP contribution in [-0.4, -0.2) is 36.1 Å². The summed E-state index contributed by atoms with van der Waals surface area (Å²) < 4.78 is 0. The van der Waals surface area contributed by atoms with Crippen molar-refractivity contribution in [3.63, 3.8) is 0 Å². The van der Waals surface area contributed by atoms with Crippen LogP contribution in [0.2, 0.25) is 0 Å². The van der Waals surface area contributed by atoms with Gasteiger partial charge in [0.15, 0.2) is 0 Å². The number of hydrogen-bond donors (Lipinski definition) is 1. The van der Waals surface area contributed by atoms with Crippen LogP contribution in [0.1, 0.15) is 6.92 Å². The molecule has 0 saturated heterocycles. The normalized spacial score (nSPS) is 15.4. The average Bonchev–Trinajstić information content (AvgIpc) is 2.11. The van der Waals surface area contributed by atoms with Crippen LogP contribution in [0.15, 0.2) is 35.4 Å². The maximum Gasteiger partial charge on any atom is 0.325 e. The summed E-state index contributed by atoms with van der Waals surface area (Å²) in [7, 11) is 3.47. The summed E-state index contributed by atoms with van der Waals surface area (Å²) in [5.74, 6) is -0.852. The fraction of sp³-hybridized carbons (Fsp3) is 0.364. The predicted octanol–water partition coefficient (Wildman–Crippen LogP) is 2.26. The van der Waals surface area contributed by atoms with Gasteiger partial charge >= 0.3 is 5.97 Å². The third-order valence-electron chi connectivity index (χ3n) is 1.84. The summed E-state index contributed by atoms with van der Waals surface area (Å²) in [5, 5.41) is 8.98. The Morgan fingerprint density at radius 3 is 2.33 bits per heavy atom. The number of carboxylic acids is 1. The van der Waals surface area contributed by atoms with Crippen LogP contribution >= 0.6 is 11.6 Å². The Morgan fingerprint density at radius 2 is 1.93 bits per heavy atom. The number of carboxylic acid groups (broad SMARTS) is 1. The predicted molar refractivity (Wildman–Crippen MR) is 63.0 cm³/mol. The molecule has 0 aromatic carbocycles. The van der Waals surface area contributed by atoms with Crippen molar-refractivity contribution in [2.45, 2.75) is 13.0 Å². The molecule has 4 heteroatoms. The summed E-state index contributed by atoms with van der Waals surface area (Å²) in [5.41, 5.74) is 2.16. The summed E-state index contributed by atoms with van der Waals surface area (Å²) in [6, 6.07) is -0.588. The van der Waals surface area contributed by atoms with Gasteiger partial charge in [-0.3, -0.25) is 9.69 Å². The zero-order valence-electron chi connectivity index (χ0n) is 9.14. The van der Waals surface area contributed by atoms with Crippen molar-refractivity contribution in [1.29, 1.82) is 0 Å². The van der Waals surface area contributed by atoms with E-state index in [0.29, 0.717) is 0 Å². The van der Waals surface area contributed by atoms with E-state index in [0.717, 1.165) is 5.57 Å². The zero-order chi connectivity index (χ0) is 11.8. The number of likely N-dealkylation sites (N-methyl/N-ethyl adjacent to an activating group) is 1. The first-order chi connectivity index (χ1) is 7.00. The Morgan fingerprint density at radius 1 is 1.33 bits per heavy atom. The van der Waals surface area contributed by atoms with Gasteiger partial charge in [0.2, 0.25) is 0 Å². The van der Waals surface area contributed by atoms with Crippen LogP contribution in [-0.2, 0) is 4.79 Å². The maximum atomic E-state index is 10.9. The molecule has 0 bridgehead atoms. The minimum Gasteiger partial charge on any atom is -0.480 e. The molecule has 1 atom stereocenters. The maximum absolute atomic E-state index is 10.9. The molecule has 0 aliphatic carbocycles. The van der Waals surface area contributed by atoms with Crippen LogP contribution in [0.25, 0.3) is 0 Å². The third kappa shape index (κ3) is 5.40. The van der Waals surface area contributed by atoms with Crippen molar-refractivity contribution in [3.05, 3.63) is 35.4 Å². The second-order valence-electron chi connectivity index (χ2n) is 3.32. The molecule has 0 heterocycles. The molecular formula is C11H16ClNO2. The lowest BCUT2D eigenvalue weighted by atomic mass is 10.1. The monoisotopic (exact) mass is 229 g/mol. The zero-order valence-corrected chi connectivity index (χ0v) is 9.90. The topological polar surface area (TPSA) is 40.5 Å². The Hall–Kier alpha value is -1.06. The first-order valence-corrected chi connectivity index (χ1v) is 4.93. The highest BCUT2D eigenvalue weighted by molar-refractivity contribution is 6.25. The lowest BCUT2D eigenvalue weighted by molar-refractivity contribution is -0.140. The summed E-state index contributed by atoms with van der Waals surface area (Å²) in [4.78, 5) is 12.6. The van der Waals surface area contributed by atoms with Gasteiger partial charge in [-0.05, 0) is 26.6 Å². The van der Waals surface area contributed by atoms with Crippen LogP contribution in [0.3, 0.4) is 0 Å². The number of nitrogens with zero attached hydrogens (tertiary/aromatic N) is 1. The summed E-state index contributed by atoms with van der Waals surface area (Å²) in [6.07, 6.45) is 6.92. The number of aliphatic carboxylic acids is 1. The number of allylic oxidation sites excluding steroid dienone is 4. The second-order valence-corrected chi connectivity index (χ2v) is 3.57. The van der Waals surface area contributed by atoms with Crippen molar-refractivity contribution >= 4 is 17.6 Å². The Labute approximate surface area is 95.3 Å². The van der Waals surface area contributed by atoms with E-state index in [1.165, 1.54) is 5.54 Å². The largest absolute Gasteiger partial charge is 0.480 e. The number of carbonyl (C=O) groups is 1. The van der Waals surface area contributed by atoms with Crippen molar-refractivity contribution in [1.82, 2.24) is 4.90 Å². The lowest BCUT2D eigenvalue weighted by Gasteiger charge is -2.20. The van der Waals surface area contributed by atoms with Crippen molar-refractivity contribution in [2.24, 2.45) is 0 Å². The van der Waals surface area contributed by atoms with Gasteiger partial charge in [-0.15, -0.1) is 0 Å². The van der Waals surface area contributed by atoms with Crippen molar-refractivity contribution in [2.75, 3.05) is 14.1 Å². The molecule has 0 aliphatic heterocycles. The standard InChI is InChI=1S/C11H16ClNO2/c1-9(7-5-4-6-8-12)10(11(14)15)13(2)3/h4-8,10H,1-3H3,(H,14,15)/b5-4-,8-6+,9-7+. The molecule has 0 aromatic heterocycles. The van der Waals surface area contributed by atoms with Gasteiger partial charge in [0, 0.05) is 5.54 Å². The quantitative estimate of drug-likeness (QED) is 0.736. The fourth-order valence-corrected chi connectivity index (χ4v) is 1.31. The van der Waals surface area contributed by atoms with Gasteiger partial charge in [-0.1, -0.05) is 35.9 Å². The molecule has 0 radical (unpaired) electrons. The smallest absolute Gasteiger partial charge is 0.325 e. The van der Waals surface area contributed by atoms with Crippen molar-refractivity contribution < 1.29 is 9.90 Å². The van der Waals surface area contributed by atoms with Crippen LogP contribution in [0.4, 0.5) is 0 Å². The molecule has 0 aromatic rings. The van der Waals surface area contributed by atoms with E-state index in [9.17, 15) is 4.79 Å². The highest BCUT2D eigenvalue weighted by Gasteiger charge is 2.20. The van der Waals surface area contributed by atoms with Gasteiger partial charge in [-0.25, -0.2) is 0 Å². The summed E-state index contributed by atoms with van der Waals surface area (Å²) >= 11 is 5.33. The molecule has 0 fully saturated rings. The Bertz CT molecular complexity index is 293. The average molecular weight is 230 g/mol. The van der Waals surface area contributed by atoms with E-state index in [-0.39, 0.29) is 0 Å². The van der Waals surface area contributed by atoms with E-state index < -0.39 is 12.0 Å². The second kappa shape index (κ2) is 7.26. The fourth-order valence-electron chi connectivity index (χ4n) is 1.23.